The highest BCUT2D eigenvalue weighted by molar-refractivity contribution is 5.90. The van der Waals surface area contributed by atoms with E-state index in [-0.39, 0.29) is 6.42 Å². The largest absolute Gasteiger partial charge is 0.481 e. The maximum absolute atomic E-state index is 13.0. The standard InChI is InChI=1S/C17H17F3N2O3/c1-9-3-2-4-11-10(6-21-15(9)11)5-14(23)22-7-12(16(24)25)13(8-22)17(18,19)20/h2-4,6,12-13,21H,5,7-8H2,1H3,(H,24,25)/t12-,13-/m1/s1. The van der Waals surface area contributed by atoms with Crippen molar-refractivity contribution in [3.63, 3.8) is 0 Å². The first kappa shape index (κ1) is 17.3. The van der Waals surface area contributed by atoms with Crippen molar-refractivity contribution in [3.8, 4) is 0 Å². The Labute approximate surface area is 141 Å². The average Bonchev–Trinajstić information content (AvgIpc) is 3.12. The third-order valence-electron chi connectivity index (χ3n) is 4.76. The van der Waals surface area contributed by atoms with Crippen LogP contribution in [-0.2, 0) is 16.0 Å². The molecule has 0 radical (unpaired) electrons. The van der Waals surface area contributed by atoms with Crippen LogP contribution in [0.15, 0.2) is 24.4 Å². The minimum absolute atomic E-state index is 0.0691. The predicted molar refractivity (Wildman–Crippen MR) is 84.0 cm³/mol. The summed E-state index contributed by atoms with van der Waals surface area (Å²) in [6.45, 7) is 0.886. The number of hydrogen-bond acceptors (Lipinski definition) is 2. The molecule has 1 aliphatic rings. The van der Waals surface area contributed by atoms with Gasteiger partial charge in [0.25, 0.3) is 0 Å². The van der Waals surface area contributed by atoms with E-state index in [1.54, 1.807) is 6.20 Å². The maximum atomic E-state index is 13.0. The van der Waals surface area contributed by atoms with Gasteiger partial charge in [0.1, 0.15) is 0 Å². The van der Waals surface area contributed by atoms with Crippen LogP contribution in [0.5, 0.6) is 0 Å². The first-order chi connectivity index (χ1) is 11.7. The number of carboxylic acid groups (broad SMARTS) is 1. The number of rotatable bonds is 3. The number of H-pyrrole nitrogens is 1. The SMILES string of the molecule is Cc1cccc2c(CC(=O)N3C[C@@H](C(F)(F)F)[C@H](C(=O)O)C3)c[nH]c12. The molecule has 1 fully saturated rings. The Morgan fingerprint density at radius 3 is 2.64 bits per heavy atom. The van der Waals surface area contributed by atoms with Gasteiger partial charge in [0.15, 0.2) is 0 Å². The number of benzene rings is 1. The molecule has 5 nitrogen and oxygen atoms in total. The Morgan fingerprint density at radius 2 is 2.04 bits per heavy atom. The lowest BCUT2D eigenvalue weighted by Gasteiger charge is -2.18. The van der Waals surface area contributed by atoms with Crippen molar-refractivity contribution in [2.45, 2.75) is 19.5 Å². The van der Waals surface area contributed by atoms with Crippen LogP contribution in [-0.4, -0.2) is 46.1 Å². The smallest absolute Gasteiger partial charge is 0.394 e. The highest BCUT2D eigenvalue weighted by Crippen LogP contribution is 2.38. The Morgan fingerprint density at radius 1 is 1.32 bits per heavy atom. The fourth-order valence-corrected chi connectivity index (χ4v) is 3.37. The number of likely N-dealkylation sites (tertiary alicyclic amines) is 1. The van der Waals surface area contributed by atoms with Crippen molar-refractivity contribution < 1.29 is 27.9 Å². The molecule has 0 saturated carbocycles. The molecular weight excluding hydrogens is 337 g/mol. The molecule has 0 unspecified atom stereocenters. The quantitative estimate of drug-likeness (QED) is 0.890. The van der Waals surface area contributed by atoms with E-state index in [4.69, 9.17) is 5.11 Å². The summed E-state index contributed by atoms with van der Waals surface area (Å²) >= 11 is 0. The topological polar surface area (TPSA) is 73.4 Å². The van der Waals surface area contributed by atoms with Gasteiger partial charge in [-0.1, -0.05) is 18.2 Å². The maximum Gasteiger partial charge on any atom is 0.394 e. The number of amides is 1. The summed E-state index contributed by atoms with van der Waals surface area (Å²) in [5, 5.41) is 9.87. The number of halogens is 3. The van der Waals surface area contributed by atoms with E-state index in [2.05, 4.69) is 4.98 Å². The van der Waals surface area contributed by atoms with Crippen LogP contribution < -0.4 is 0 Å². The minimum atomic E-state index is -4.64. The normalized spacial score (nSPS) is 21.0. The van der Waals surface area contributed by atoms with Crippen LogP contribution in [0.25, 0.3) is 10.9 Å². The first-order valence-corrected chi connectivity index (χ1v) is 7.81. The molecule has 134 valence electrons. The summed E-state index contributed by atoms with van der Waals surface area (Å²) in [4.78, 5) is 27.6. The number of hydrogen-bond donors (Lipinski definition) is 2. The van der Waals surface area contributed by atoms with Gasteiger partial charge in [0.05, 0.1) is 18.3 Å². The van der Waals surface area contributed by atoms with Crippen LogP contribution in [0.4, 0.5) is 13.2 Å². The summed E-state index contributed by atoms with van der Waals surface area (Å²) in [6, 6.07) is 5.59. The third kappa shape index (κ3) is 3.20. The van der Waals surface area contributed by atoms with Gasteiger partial charge in [-0.3, -0.25) is 9.59 Å². The number of carbonyl (C=O) groups is 2. The molecule has 25 heavy (non-hydrogen) atoms. The van der Waals surface area contributed by atoms with Crippen LogP contribution >= 0.6 is 0 Å². The Balaban J connectivity index is 1.79. The second kappa shape index (κ2) is 6.09. The molecule has 0 spiro atoms. The third-order valence-corrected chi connectivity index (χ3v) is 4.76. The molecule has 8 heteroatoms. The number of carbonyl (C=O) groups excluding carboxylic acids is 1. The van der Waals surface area contributed by atoms with Gasteiger partial charge in [-0.05, 0) is 18.1 Å². The monoisotopic (exact) mass is 354 g/mol. The van der Waals surface area contributed by atoms with Gasteiger partial charge in [0, 0.05) is 30.2 Å². The Hall–Kier alpha value is -2.51. The van der Waals surface area contributed by atoms with Gasteiger partial charge in [-0.25, -0.2) is 0 Å². The van der Waals surface area contributed by atoms with Gasteiger partial charge in [-0.2, -0.15) is 13.2 Å². The zero-order valence-corrected chi connectivity index (χ0v) is 13.4. The van der Waals surface area contributed by atoms with E-state index >= 15 is 0 Å². The van der Waals surface area contributed by atoms with E-state index in [0.717, 1.165) is 21.4 Å². The molecule has 0 aliphatic carbocycles. The van der Waals surface area contributed by atoms with Crippen molar-refractivity contribution in [2.24, 2.45) is 11.8 Å². The van der Waals surface area contributed by atoms with E-state index in [1.165, 1.54) is 0 Å². The van der Waals surface area contributed by atoms with Crippen LogP contribution in [0.2, 0.25) is 0 Å². The summed E-state index contributed by atoms with van der Waals surface area (Å²) in [7, 11) is 0. The molecule has 1 aliphatic heterocycles. The van der Waals surface area contributed by atoms with Crippen molar-refractivity contribution in [1.82, 2.24) is 9.88 Å². The van der Waals surface area contributed by atoms with Crippen molar-refractivity contribution >= 4 is 22.8 Å². The molecule has 2 atom stereocenters. The highest BCUT2D eigenvalue weighted by atomic mass is 19.4. The van der Waals surface area contributed by atoms with Crippen molar-refractivity contribution in [1.29, 1.82) is 0 Å². The van der Waals surface area contributed by atoms with Crippen LogP contribution in [0.3, 0.4) is 0 Å². The first-order valence-electron chi connectivity index (χ1n) is 7.81. The van der Waals surface area contributed by atoms with E-state index in [0.29, 0.717) is 5.56 Å². The molecule has 3 rings (SSSR count). The van der Waals surface area contributed by atoms with Crippen molar-refractivity contribution in [2.75, 3.05) is 13.1 Å². The van der Waals surface area contributed by atoms with E-state index in [9.17, 15) is 22.8 Å². The minimum Gasteiger partial charge on any atom is -0.481 e. The second-order valence-corrected chi connectivity index (χ2v) is 6.38. The Kier molecular flexibility index (Phi) is 4.22. The summed E-state index contributed by atoms with van der Waals surface area (Å²) < 4.78 is 39.1. The predicted octanol–water partition coefficient (Wildman–Crippen LogP) is 2.74. The number of nitrogens with zero attached hydrogens (tertiary/aromatic N) is 1. The number of fused-ring (bicyclic) bond motifs is 1. The lowest BCUT2D eigenvalue weighted by atomic mass is 9.96. The number of nitrogens with one attached hydrogen (secondary N) is 1. The lowest BCUT2D eigenvalue weighted by Crippen LogP contribution is -2.34. The average molecular weight is 354 g/mol. The number of aryl methyl sites for hydroxylation is 1. The number of alkyl halides is 3. The van der Waals surface area contributed by atoms with Gasteiger partial charge >= 0.3 is 12.1 Å². The number of aromatic amines is 1. The molecule has 2 heterocycles. The molecule has 1 amide bonds. The number of para-hydroxylation sites is 1. The zero-order valence-electron chi connectivity index (χ0n) is 13.4. The molecular formula is C17H17F3N2O3. The number of carboxylic acids is 1. The summed E-state index contributed by atoms with van der Waals surface area (Å²) in [5.41, 5.74) is 2.56. The Bertz CT molecular complexity index is 828. The fraction of sp³-hybridized carbons (Fsp3) is 0.412. The van der Waals surface area contributed by atoms with E-state index < -0.39 is 43.0 Å². The molecule has 1 aromatic heterocycles. The molecule has 0 bridgehead atoms. The zero-order chi connectivity index (χ0) is 18.4. The number of aromatic nitrogens is 1. The van der Waals surface area contributed by atoms with Crippen LogP contribution in [0, 0.1) is 18.8 Å². The van der Waals surface area contributed by atoms with E-state index in [1.807, 2.05) is 25.1 Å². The molecule has 1 saturated heterocycles. The second-order valence-electron chi connectivity index (χ2n) is 6.38. The summed E-state index contributed by atoms with van der Waals surface area (Å²) in [5.74, 6) is -5.67. The molecule has 2 aromatic rings. The lowest BCUT2D eigenvalue weighted by molar-refractivity contribution is -0.188. The fourth-order valence-electron chi connectivity index (χ4n) is 3.37. The van der Waals surface area contributed by atoms with Crippen molar-refractivity contribution in [3.05, 3.63) is 35.5 Å². The summed E-state index contributed by atoms with van der Waals surface area (Å²) in [6.07, 6.45) is -3.04. The number of aliphatic carboxylic acids is 1. The van der Waals surface area contributed by atoms with Gasteiger partial charge < -0.3 is 15.0 Å². The molecule has 2 N–H and O–H groups in total. The van der Waals surface area contributed by atoms with Gasteiger partial charge in [0.2, 0.25) is 5.91 Å². The highest BCUT2D eigenvalue weighted by Gasteiger charge is 2.53. The van der Waals surface area contributed by atoms with Gasteiger partial charge in [-0.15, -0.1) is 0 Å². The van der Waals surface area contributed by atoms with Crippen LogP contribution in [0.1, 0.15) is 11.1 Å². The molecule has 1 aromatic carbocycles.